The van der Waals surface area contributed by atoms with Crippen molar-refractivity contribution < 1.29 is 17.9 Å². The lowest BCUT2D eigenvalue weighted by Crippen LogP contribution is -2.14. The van der Waals surface area contributed by atoms with Gasteiger partial charge >= 0.3 is 6.18 Å². The Balaban J connectivity index is 2.42. The van der Waals surface area contributed by atoms with Crippen LogP contribution in [-0.4, -0.2) is 25.2 Å². The maximum atomic E-state index is 12.4. The topological polar surface area (TPSA) is 35.2 Å². The Morgan fingerprint density at radius 3 is 2.42 bits per heavy atom. The van der Waals surface area contributed by atoms with Gasteiger partial charge < -0.3 is 10.5 Å². The molecule has 6 heteroatoms. The second-order valence-electron chi connectivity index (χ2n) is 4.15. The molecule has 0 aromatic heterocycles. The molecule has 0 aliphatic carbocycles. The molecule has 0 amide bonds. The number of ether oxygens (including phenoxy) is 1. The molecule has 0 bridgehead atoms. The predicted octanol–water partition coefficient (Wildman–Crippen LogP) is 3.47. The third kappa shape index (κ3) is 5.84. The van der Waals surface area contributed by atoms with Gasteiger partial charge in [-0.05, 0) is 29.9 Å². The zero-order chi connectivity index (χ0) is 14.3. The Bertz CT molecular complexity index is 367. The zero-order valence-corrected chi connectivity index (χ0v) is 11.6. The van der Waals surface area contributed by atoms with Gasteiger partial charge in [0.2, 0.25) is 0 Å². The molecule has 1 aromatic rings. The third-order valence-corrected chi connectivity index (χ3v) is 3.77. The van der Waals surface area contributed by atoms with Crippen LogP contribution in [0.5, 0.6) is 0 Å². The highest BCUT2D eigenvalue weighted by atomic mass is 32.2. The van der Waals surface area contributed by atoms with Crippen molar-refractivity contribution in [3.05, 3.63) is 35.4 Å². The molecule has 1 unspecified atom stereocenters. The van der Waals surface area contributed by atoms with Crippen molar-refractivity contribution >= 4 is 11.8 Å². The van der Waals surface area contributed by atoms with Crippen LogP contribution in [0, 0.1) is 0 Å². The number of methoxy groups -OCH3 is 1. The van der Waals surface area contributed by atoms with E-state index >= 15 is 0 Å². The first kappa shape index (κ1) is 16.3. The fourth-order valence-electron chi connectivity index (χ4n) is 1.53. The van der Waals surface area contributed by atoms with E-state index in [0.717, 1.165) is 29.9 Å². The lowest BCUT2D eigenvalue weighted by molar-refractivity contribution is -0.137. The Labute approximate surface area is 115 Å². The van der Waals surface area contributed by atoms with E-state index in [2.05, 4.69) is 0 Å². The lowest BCUT2D eigenvalue weighted by Gasteiger charge is -2.13. The van der Waals surface area contributed by atoms with Crippen molar-refractivity contribution in [1.29, 1.82) is 0 Å². The van der Waals surface area contributed by atoms with E-state index in [1.54, 1.807) is 18.9 Å². The summed E-state index contributed by atoms with van der Waals surface area (Å²) in [6.07, 6.45) is -3.35. The zero-order valence-electron chi connectivity index (χ0n) is 10.7. The first-order valence-corrected chi connectivity index (χ1v) is 7.10. The van der Waals surface area contributed by atoms with Gasteiger partial charge in [-0.25, -0.2) is 0 Å². The smallest absolute Gasteiger partial charge is 0.385 e. The van der Waals surface area contributed by atoms with Gasteiger partial charge in [0.05, 0.1) is 5.56 Å². The summed E-state index contributed by atoms with van der Waals surface area (Å²) in [7, 11) is 1.65. The number of hydrogen-bond donors (Lipinski definition) is 1. The van der Waals surface area contributed by atoms with Crippen molar-refractivity contribution in [2.75, 3.05) is 25.2 Å². The van der Waals surface area contributed by atoms with E-state index in [9.17, 15) is 13.2 Å². The summed E-state index contributed by atoms with van der Waals surface area (Å²) in [5.74, 6) is 1.62. The van der Waals surface area contributed by atoms with Crippen molar-refractivity contribution in [3.63, 3.8) is 0 Å². The first-order chi connectivity index (χ1) is 8.95. The minimum absolute atomic E-state index is 0.241. The Kier molecular flexibility index (Phi) is 6.68. The average molecular weight is 293 g/mol. The Hall–Kier alpha value is -0.720. The molecule has 2 N–H and O–H groups in total. The van der Waals surface area contributed by atoms with Crippen molar-refractivity contribution in [3.8, 4) is 0 Å². The minimum Gasteiger partial charge on any atom is -0.385 e. The van der Waals surface area contributed by atoms with Crippen LogP contribution in [-0.2, 0) is 10.9 Å². The molecule has 0 aliphatic rings. The minimum atomic E-state index is -4.29. The summed E-state index contributed by atoms with van der Waals surface area (Å²) < 4.78 is 42.1. The number of halogens is 3. The molecule has 0 spiro atoms. The maximum Gasteiger partial charge on any atom is 0.416 e. The molecule has 0 fully saturated rings. The standard InChI is InChI=1S/C13H18F3NOS/c1-18-7-2-8-19-9-12(17)10-3-5-11(6-4-10)13(14,15)16/h3-6,12H,2,7-9,17H2,1H3. The fraction of sp³-hybridized carbons (Fsp3) is 0.538. The van der Waals surface area contributed by atoms with Gasteiger partial charge in [0, 0.05) is 25.5 Å². The molecular weight excluding hydrogens is 275 g/mol. The molecule has 1 aromatic carbocycles. The van der Waals surface area contributed by atoms with Gasteiger partial charge in [0.25, 0.3) is 0 Å². The van der Waals surface area contributed by atoms with Gasteiger partial charge in [-0.3, -0.25) is 0 Å². The number of nitrogens with two attached hydrogens (primary N) is 1. The van der Waals surface area contributed by atoms with E-state index in [0.29, 0.717) is 12.4 Å². The molecule has 1 rings (SSSR count). The van der Waals surface area contributed by atoms with Gasteiger partial charge in [0.1, 0.15) is 0 Å². The van der Waals surface area contributed by atoms with Crippen molar-refractivity contribution in [1.82, 2.24) is 0 Å². The SMILES string of the molecule is COCCCSCC(N)c1ccc(C(F)(F)F)cc1. The monoisotopic (exact) mass is 293 g/mol. The summed E-state index contributed by atoms with van der Waals surface area (Å²) >= 11 is 1.68. The second-order valence-corrected chi connectivity index (χ2v) is 5.30. The van der Waals surface area contributed by atoms with Crippen LogP contribution in [0.25, 0.3) is 0 Å². The quantitative estimate of drug-likeness (QED) is 0.782. The molecule has 2 nitrogen and oxygen atoms in total. The number of thioether (sulfide) groups is 1. The average Bonchev–Trinajstić information content (AvgIpc) is 2.37. The number of hydrogen-bond acceptors (Lipinski definition) is 3. The van der Waals surface area contributed by atoms with Crippen molar-refractivity contribution in [2.24, 2.45) is 5.73 Å². The van der Waals surface area contributed by atoms with Crippen LogP contribution < -0.4 is 5.73 Å². The summed E-state index contributed by atoms with van der Waals surface area (Å²) in [5.41, 5.74) is 6.02. The summed E-state index contributed by atoms with van der Waals surface area (Å²) in [6.45, 7) is 0.711. The number of benzene rings is 1. The van der Waals surface area contributed by atoms with Gasteiger partial charge in [-0.2, -0.15) is 24.9 Å². The lowest BCUT2D eigenvalue weighted by atomic mass is 10.1. The highest BCUT2D eigenvalue weighted by Gasteiger charge is 2.30. The second kappa shape index (κ2) is 7.77. The van der Waals surface area contributed by atoms with Gasteiger partial charge in [-0.1, -0.05) is 12.1 Å². The van der Waals surface area contributed by atoms with Crippen LogP contribution in [0.1, 0.15) is 23.6 Å². The van der Waals surface area contributed by atoms with E-state index in [-0.39, 0.29) is 6.04 Å². The van der Waals surface area contributed by atoms with Crippen LogP contribution >= 0.6 is 11.8 Å². The maximum absolute atomic E-state index is 12.4. The first-order valence-electron chi connectivity index (χ1n) is 5.94. The van der Waals surface area contributed by atoms with Crippen LogP contribution in [0.3, 0.4) is 0 Å². The summed E-state index contributed by atoms with van der Waals surface area (Å²) in [5, 5.41) is 0. The molecule has 0 radical (unpaired) electrons. The summed E-state index contributed by atoms with van der Waals surface area (Å²) in [4.78, 5) is 0. The van der Waals surface area contributed by atoms with E-state index in [4.69, 9.17) is 10.5 Å². The Morgan fingerprint density at radius 2 is 1.89 bits per heavy atom. The molecule has 1 atom stereocenters. The molecule has 19 heavy (non-hydrogen) atoms. The molecule has 108 valence electrons. The highest BCUT2D eigenvalue weighted by Crippen LogP contribution is 2.30. The predicted molar refractivity (Wildman–Crippen MR) is 72.2 cm³/mol. The van der Waals surface area contributed by atoms with Crippen LogP contribution in [0.4, 0.5) is 13.2 Å². The van der Waals surface area contributed by atoms with E-state index in [1.165, 1.54) is 12.1 Å². The van der Waals surface area contributed by atoms with E-state index in [1.807, 2.05) is 0 Å². The largest absolute Gasteiger partial charge is 0.416 e. The molecular formula is C13H18F3NOS. The fourth-order valence-corrected chi connectivity index (χ4v) is 2.47. The molecule has 0 saturated heterocycles. The van der Waals surface area contributed by atoms with Crippen molar-refractivity contribution in [2.45, 2.75) is 18.6 Å². The molecule has 0 saturated carbocycles. The molecule has 0 heterocycles. The summed E-state index contributed by atoms with van der Waals surface area (Å²) in [6, 6.07) is 4.80. The van der Waals surface area contributed by atoms with E-state index < -0.39 is 11.7 Å². The normalized spacial score (nSPS) is 13.5. The van der Waals surface area contributed by atoms with Crippen LogP contribution in [0.15, 0.2) is 24.3 Å². The third-order valence-electron chi connectivity index (χ3n) is 2.60. The van der Waals surface area contributed by atoms with Crippen LogP contribution in [0.2, 0.25) is 0 Å². The number of rotatable bonds is 7. The Morgan fingerprint density at radius 1 is 1.26 bits per heavy atom. The van der Waals surface area contributed by atoms with Gasteiger partial charge in [-0.15, -0.1) is 0 Å². The highest BCUT2D eigenvalue weighted by molar-refractivity contribution is 7.99. The number of alkyl halides is 3. The van der Waals surface area contributed by atoms with Gasteiger partial charge in [0.15, 0.2) is 0 Å². The molecule has 0 aliphatic heterocycles.